The lowest BCUT2D eigenvalue weighted by Crippen LogP contribution is -2.15. The number of nitrogens with zero attached hydrogens (tertiary/aromatic N) is 1. The van der Waals surface area contributed by atoms with Crippen molar-refractivity contribution in [3.05, 3.63) is 18.5 Å². The number of aromatic nitrogens is 1. The van der Waals surface area contributed by atoms with Crippen LogP contribution in [0.2, 0.25) is 0 Å². The fourth-order valence-electron chi connectivity index (χ4n) is 1.84. The van der Waals surface area contributed by atoms with Crippen molar-refractivity contribution in [2.75, 3.05) is 17.7 Å². The Morgan fingerprint density at radius 1 is 1.12 bits per heavy atom. The minimum atomic E-state index is 0.502. The summed E-state index contributed by atoms with van der Waals surface area (Å²) in [4.78, 5) is 4.19. The molecule has 0 aromatic carbocycles. The minimum absolute atomic E-state index is 0.502. The predicted octanol–water partition coefficient (Wildman–Crippen LogP) is 3.75. The number of anilines is 2. The van der Waals surface area contributed by atoms with Gasteiger partial charge in [0.2, 0.25) is 0 Å². The molecule has 96 valence electrons. The molecule has 1 aromatic rings. The van der Waals surface area contributed by atoms with Crippen LogP contribution >= 0.6 is 0 Å². The average Bonchev–Trinajstić information content (AvgIpc) is 2.28. The van der Waals surface area contributed by atoms with Crippen molar-refractivity contribution < 1.29 is 0 Å². The molecule has 1 unspecified atom stereocenters. The van der Waals surface area contributed by atoms with Gasteiger partial charge >= 0.3 is 0 Å². The van der Waals surface area contributed by atoms with Gasteiger partial charge in [-0.2, -0.15) is 0 Å². The Hall–Kier alpha value is -1.25. The Kier molecular flexibility index (Phi) is 5.81. The van der Waals surface area contributed by atoms with Crippen LogP contribution in [0, 0.1) is 5.92 Å². The summed E-state index contributed by atoms with van der Waals surface area (Å²) in [6, 6.07) is 2.59. The standard InChI is InChI=1S/C14H25N3/c1-11(2)6-5-7-12(3)17-14-8-13(15-4)9-16-10-14/h8-12,15,17H,5-7H2,1-4H3. The molecule has 1 atom stereocenters. The molecule has 0 aliphatic carbocycles. The lowest BCUT2D eigenvalue weighted by atomic mass is 10.0. The van der Waals surface area contributed by atoms with E-state index in [0.29, 0.717) is 6.04 Å². The normalized spacial score (nSPS) is 12.5. The van der Waals surface area contributed by atoms with Crippen molar-refractivity contribution in [3.63, 3.8) is 0 Å². The highest BCUT2D eigenvalue weighted by Gasteiger charge is 2.03. The summed E-state index contributed by atoms with van der Waals surface area (Å²) in [5.41, 5.74) is 2.14. The van der Waals surface area contributed by atoms with Gasteiger partial charge in [0.25, 0.3) is 0 Å². The molecule has 0 aliphatic heterocycles. The molecular formula is C14H25N3. The van der Waals surface area contributed by atoms with E-state index in [1.165, 1.54) is 19.3 Å². The monoisotopic (exact) mass is 235 g/mol. The van der Waals surface area contributed by atoms with Crippen LogP contribution in [0.1, 0.15) is 40.0 Å². The largest absolute Gasteiger partial charge is 0.387 e. The van der Waals surface area contributed by atoms with Crippen molar-refractivity contribution >= 4 is 11.4 Å². The lowest BCUT2D eigenvalue weighted by Gasteiger charge is -2.16. The highest BCUT2D eigenvalue weighted by Crippen LogP contribution is 2.15. The lowest BCUT2D eigenvalue weighted by molar-refractivity contribution is 0.520. The highest BCUT2D eigenvalue weighted by atomic mass is 14.9. The number of hydrogen-bond donors (Lipinski definition) is 2. The third-order valence-electron chi connectivity index (χ3n) is 2.86. The molecule has 0 radical (unpaired) electrons. The minimum Gasteiger partial charge on any atom is -0.387 e. The van der Waals surface area contributed by atoms with E-state index in [4.69, 9.17) is 0 Å². The number of pyridine rings is 1. The first-order valence-corrected chi connectivity index (χ1v) is 6.51. The maximum atomic E-state index is 4.19. The molecular weight excluding hydrogens is 210 g/mol. The van der Waals surface area contributed by atoms with Crippen molar-refractivity contribution in [2.45, 2.75) is 46.1 Å². The van der Waals surface area contributed by atoms with Crippen LogP contribution in [-0.4, -0.2) is 18.1 Å². The summed E-state index contributed by atoms with van der Waals surface area (Å²) in [5.74, 6) is 0.802. The van der Waals surface area contributed by atoms with Crippen molar-refractivity contribution in [1.82, 2.24) is 4.98 Å². The molecule has 0 saturated carbocycles. The Labute approximate surface area is 105 Å². The van der Waals surface area contributed by atoms with Gasteiger partial charge in [0.05, 0.1) is 23.8 Å². The zero-order chi connectivity index (χ0) is 12.7. The van der Waals surface area contributed by atoms with E-state index in [1.807, 2.05) is 19.4 Å². The van der Waals surface area contributed by atoms with Crippen LogP contribution in [-0.2, 0) is 0 Å². The first-order valence-electron chi connectivity index (χ1n) is 6.51. The Balaban J connectivity index is 2.36. The summed E-state index contributed by atoms with van der Waals surface area (Å²) in [7, 11) is 1.91. The molecule has 1 aromatic heterocycles. The number of nitrogens with one attached hydrogen (secondary N) is 2. The molecule has 0 aliphatic rings. The molecule has 1 heterocycles. The second-order valence-corrected chi connectivity index (χ2v) is 5.08. The van der Waals surface area contributed by atoms with Gasteiger partial charge in [0.15, 0.2) is 0 Å². The zero-order valence-electron chi connectivity index (χ0n) is 11.5. The molecule has 3 heteroatoms. The summed E-state index contributed by atoms with van der Waals surface area (Å²) in [6.45, 7) is 6.78. The van der Waals surface area contributed by atoms with Gasteiger partial charge in [-0.3, -0.25) is 4.98 Å². The van der Waals surface area contributed by atoms with E-state index in [9.17, 15) is 0 Å². The van der Waals surface area contributed by atoms with Crippen molar-refractivity contribution in [2.24, 2.45) is 5.92 Å². The molecule has 0 saturated heterocycles. The smallest absolute Gasteiger partial charge is 0.0549 e. The molecule has 0 spiro atoms. The van der Waals surface area contributed by atoms with E-state index in [0.717, 1.165) is 17.3 Å². The average molecular weight is 235 g/mol. The van der Waals surface area contributed by atoms with Gasteiger partial charge in [-0.15, -0.1) is 0 Å². The second-order valence-electron chi connectivity index (χ2n) is 5.08. The Morgan fingerprint density at radius 3 is 2.47 bits per heavy atom. The molecule has 1 rings (SSSR count). The first-order chi connectivity index (χ1) is 8.11. The molecule has 0 amide bonds. The van der Waals surface area contributed by atoms with Gasteiger partial charge in [-0.1, -0.05) is 26.7 Å². The van der Waals surface area contributed by atoms with Crippen LogP contribution in [0.3, 0.4) is 0 Å². The number of hydrogen-bond acceptors (Lipinski definition) is 3. The second kappa shape index (κ2) is 7.15. The molecule has 3 nitrogen and oxygen atoms in total. The van der Waals surface area contributed by atoms with E-state index in [-0.39, 0.29) is 0 Å². The fourth-order valence-corrected chi connectivity index (χ4v) is 1.84. The quantitative estimate of drug-likeness (QED) is 0.755. The summed E-state index contributed by atoms with van der Waals surface area (Å²) >= 11 is 0. The Morgan fingerprint density at radius 2 is 1.82 bits per heavy atom. The molecule has 0 bridgehead atoms. The van der Waals surface area contributed by atoms with Gasteiger partial charge in [0, 0.05) is 13.1 Å². The molecule has 0 fully saturated rings. The maximum Gasteiger partial charge on any atom is 0.0549 e. The van der Waals surface area contributed by atoms with E-state index < -0.39 is 0 Å². The van der Waals surface area contributed by atoms with E-state index >= 15 is 0 Å². The highest BCUT2D eigenvalue weighted by molar-refractivity contribution is 5.53. The topological polar surface area (TPSA) is 37.0 Å². The summed E-state index contributed by atoms with van der Waals surface area (Å²) in [6.07, 6.45) is 7.50. The van der Waals surface area contributed by atoms with Gasteiger partial charge in [-0.05, 0) is 25.3 Å². The van der Waals surface area contributed by atoms with Crippen molar-refractivity contribution in [1.29, 1.82) is 0 Å². The van der Waals surface area contributed by atoms with Crippen LogP contribution in [0.5, 0.6) is 0 Å². The van der Waals surface area contributed by atoms with Gasteiger partial charge in [0.1, 0.15) is 0 Å². The van der Waals surface area contributed by atoms with Crippen molar-refractivity contribution in [3.8, 4) is 0 Å². The first kappa shape index (κ1) is 13.8. The fraction of sp³-hybridized carbons (Fsp3) is 0.643. The van der Waals surface area contributed by atoms with Crippen LogP contribution in [0.25, 0.3) is 0 Å². The van der Waals surface area contributed by atoms with Gasteiger partial charge < -0.3 is 10.6 Å². The number of rotatable bonds is 7. The molecule has 2 N–H and O–H groups in total. The SMILES string of the molecule is CNc1cncc(NC(C)CCCC(C)C)c1. The third-order valence-corrected chi connectivity index (χ3v) is 2.86. The van der Waals surface area contributed by atoms with Crippen LogP contribution in [0.4, 0.5) is 11.4 Å². The van der Waals surface area contributed by atoms with Gasteiger partial charge in [-0.25, -0.2) is 0 Å². The third kappa shape index (κ3) is 5.57. The van der Waals surface area contributed by atoms with E-state index in [2.05, 4.69) is 42.5 Å². The molecule has 17 heavy (non-hydrogen) atoms. The maximum absolute atomic E-state index is 4.19. The zero-order valence-corrected chi connectivity index (χ0v) is 11.5. The summed E-state index contributed by atoms with van der Waals surface area (Å²) < 4.78 is 0. The van der Waals surface area contributed by atoms with Crippen LogP contribution in [0.15, 0.2) is 18.5 Å². The van der Waals surface area contributed by atoms with E-state index in [1.54, 1.807) is 0 Å². The summed E-state index contributed by atoms with van der Waals surface area (Å²) in [5, 5.41) is 6.58. The van der Waals surface area contributed by atoms with Crippen LogP contribution < -0.4 is 10.6 Å². The Bertz CT molecular complexity index is 323. The predicted molar refractivity (Wildman–Crippen MR) is 75.6 cm³/mol.